The zero-order valence-electron chi connectivity index (χ0n) is 11.1. The highest BCUT2D eigenvalue weighted by molar-refractivity contribution is 6.00. The van der Waals surface area contributed by atoms with Gasteiger partial charge in [-0.05, 0) is 36.8 Å². The van der Waals surface area contributed by atoms with Crippen molar-refractivity contribution in [1.82, 2.24) is 0 Å². The minimum Gasteiger partial charge on any atom is -0.326 e. The first-order valence-electron chi connectivity index (χ1n) is 6.13. The number of carbonyl (C=O) groups is 1. The number of hydrogen-bond acceptors (Lipinski definition) is 2. The summed E-state index contributed by atoms with van der Waals surface area (Å²) in [5.74, 6) is -0.0725. The van der Waals surface area contributed by atoms with E-state index in [1.807, 2.05) is 61.5 Å². The molecule has 0 aliphatic carbocycles. The lowest BCUT2D eigenvalue weighted by Crippen LogP contribution is -2.05. The van der Waals surface area contributed by atoms with Crippen LogP contribution >= 0.6 is 0 Å². The normalized spacial score (nSPS) is 11.2. The number of nitrogens with zero attached hydrogens (tertiary/aromatic N) is 1. The number of carbonyl (C=O) groups excluding carboxylic acids is 1. The predicted molar refractivity (Wildman–Crippen MR) is 79.1 cm³/mol. The highest BCUT2D eigenvalue weighted by Gasteiger charge is 1.98. The lowest BCUT2D eigenvalue weighted by atomic mass is 10.1. The molecule has 96 valence electrons. The van der Waals surface area contributed by atoms with Crippen LogP contribution in [-0.2, 0) is 4.79 Å². The fourth-order valence-corrected chi connectivity index (χ4v) is 1.76. The zero-order chi connectivity index (χ0) is 13.7. The van der Waals surface area contributed by atoms with Gasteiger partial charge in [0.2, 0.25) is 5.91 Å². The van der Waals surface area contributed by atoms with Crippen molar-refractivity contribution in [2.45, 2.75) is 13.8 Å². The zero-order valence-corrected chi connectivity index (χ0v) is 11.1. The highest BCUT2D eigenvalue weighted by Crippen LogP contribution is 2.17. The third kappa shape index (κ3) is 3.78. The van der Waals surface area contributed by atoms with Crippen LogP contribution in [0.5, 0.6) is 0 Å². The second kappa shape index (κ2) is 5.96. The van der Waals surface area contributed by atoms with Crippen molar-refractivity contribution < 1.29 is 4.79 Å². The van der Waals surface area contributed by atoms with Gasteiger partial charge in [-0.1, -0.05) is 30.3 Å². The first-order valence-corrected chi connectivity index (χ1v) is 6.13. The molecule has 0 radical (unpaired) electrons. The summed E-state index contributed by atoms with van der Waals surface area (Å²) < 4.78 is 0. The quantitative estimate of drug-likeness (QED) is 0.830. The van der Waals surface area contributed by atoms with Crippen LogP contribution in [0.2, 0.25) is 0 Å². The van der Waals surface area contributed by atoms with Gasteiger partial charge in [-0.25, -0.2) is 0 Å². The molecule has 0 aliphatic rings. The van der Waals surface area contributed by atoms with Crippen molar-refractivity contribution >= 4 is 23.0 Å². The summed E-state index contributed by atoms with van der Waals surface area (Å²) in [7, 11) is 0. The molecule has 0 heterocycles. The molecule has 0 aromatic heterocycles. The standard InChI is InChI=1S/C16H16N2O/c1-12(14-6-4-3-5-7-14)17-15-8-10-16(11-9-15)18-13(2)19/h3-11H,1-2H3,(H,18,19)/b17-12+. The van der Waals surface area contributed by atoms with E-state index < -0.39 is 0 Å². The number of benzene rings is 2. The molecule has 2 rings (SSSR count). The number of amides is 1. The molecule has 2 aromatic rings. The third-order valence-corrected chi connectivity index (χ3v) is 2.68. The first kappa shape index (κ1) is 13.0. The molecular formula is C16H16N2O. The molecule has 0 unspecified atom stereocenters. The number of anilines is 1. The van der Waals surface area contributed by atoms with Crippen molar-refractivity contribution in [2.24, 2.45) is 4.99 Å². The lowest BCUT2D eigenvalue weighted by molar-refractivity contribution is -0.114. The van der Waals surface area contributed by atoms with Crippen LogP contribution in [0.3, 0.4) is 0 Å². The predicted octanol–water partition coefficient (Wildman–Crippen LogP) is 3.79. The summed E-state index contributed by atoms with van der Waals surface area (Å²) in [6.45, 7) is 3.47. The smallest absolute Gasteiger partial charge is 0.221 e. The van der Waals surface area contributed by atoms with E-state index in [1.54, 1.807) is 0 Å². The lowest BCUT2D eigenvalue weighted by Gasteiger charge is -2.03. The highest BCUT2D eigenvalue weighted by atomic mass is 16.1. The van der Waals surface area contributed by atoms with E-state index in [2.05, 4.69) is 10.3 Å². The van der Waals surface area contributed by atoms with Crippen molar-refractivity contribution in [3.05, 3.63) is 60.2 Å². The maximum Gasteiger partial charge on any atom is 0.221 e. The molecule has 19 heavy (non-hydrogen) atoms. The van der Waals surface area contributed by atoms with Gasteiger partial charge < -0.3 is 5.32 Å². The second-order valence-electron chi connectivity index (χ2n) is 4.29. The maximum atomic E-state index is 10.9. The van der Waals surface area contributed by atoms with Crippen molar-refractivity contribution in [1.29, 1.82) is 0 Å². The van der Waals surface area contributed by atoms with Crippen LogP contribution in [0.25, 0.3) is 0 Å². The Morgan fingerprint density at radius 2 is 1.58 bits per heavy atom. The molecule has 1 amide bonds. The van der Waals surface area contributed by atoms with Gasteiger partial charge in [0.1, 0.15) is 0 Å². The molecule has 0 fully saturated rings. The molecule has 3 nitrogen and oxygen atoms in total. The molecule has 0 bridgehead atoms. The van der Waals surface area contributed by atoms with Gasteiger partial charge in [-0.15, -0.1) is 0 Å². The monoisotopic (exact) mass is 252 g/mol. The molecule has 0 saturated heterocycles. The van der Waals surface area contributed by atoms with Gasteiger partial charge in [0.05, 0.1) is 5.69 Å². The van der Waals surface area contributed by atoms with E-state index in [9.17, 15) is 4.79 Å². The summed E-state index contributed by atoms with van der Waals surface area (Å²) in [6.07, 6.45) is 0. The summed E-state index contributed by atoms with van der Waals surface area (Å²) >= 11 is 0. The molecule has 0 saturated carbocycles. The van der Waals surface area contributed by atoms with Crippen molar-refractivity contribution in [3.8, 4) is 0 Å². The third-order valence-electron chi connectivity index (χ3n) is 2.68. The van der Waals surface area contributed by atoms with Crippen LogP contribution in [0.4, 0.5) is 11.4 Å². The summed E-state index contributed by atoms with van der Waals surface area (Å²) in [6, 6.07) is 17.5. The van der Waals surface area contributed by atoms with E-state index >= 15 is 0 Å². The second-order valence-corrected chi connectivity index (χ2v) is 4.29. The fraction of sp³-hybridized carbons (Fsp3) is 0.125. The molecular weight excluding hydrogens is 236 g/mol. The van der Waals surface area contributed by atoms with E-state index in [0.717, 1.165) is 22.6 Å². The summed E-state index contributed by atoms with van der Waals surface area (Å²) in [4.78, 5) is 15.5. The Hall–Kier alpha value is -2.42. The number of aliphatic imine (C=N–C) groups is 1. The minimum absolute atomic E-state index is 0.0725. The Kier molecular flexibility index (Phi) is 4.08. The van der Waals surface area contributed by atoms with Crippen LogP contribution < -0.4 is 5.32 Å². The van der Waals surface area contributed by atoms with Gasteiger partial charge in [0, 0.05) is 18.3 Å². The van der Waals surface area contributed by atoms with E-state index in [1.165, 1.54) is 6.92 Å². The number of hydrogen-bond donors (Lipinski definition) is 1. The molecule has 0 spiro atoms. The van der Waals surface area contributed by atoms with Gasteiger partial charge in [-0.3, -0.25) is 9.79 Å². The largest absolute Gasteiger partial charge is 0.326 e. The summed E-state index contributed by atoms with van der Waals surface area (Å²) in [5, 5.41) is 2.73. The molecule has 0 atom stereocenters. The van der Waals surface area contributed by atoms with Crippen LogP contribution in [0.1, 0.15) is 19.4 Å². The molecule has 3 heteroatoms. The average molecular weight is 252 g/mol. The van der Waals surface area contributed by atoms with E-state index in [0.29, 0.717) is 0 Å². The topological polar surface area (TPSA) is 41.5 Å². The van der Waals surface area contributed by atoms with E-state index in [-0.39, 0.29) is 5.91 Å². The van der Waals surface area contributed by atoms with Crippen LogP contribution in [0, 0.1) is 0 Å². The van der Waals surface area contributed by atoms with Crippen molar-refractivity contribution in [2.75, 3.05) is 5.32 Å². The summed E-state index contributed by atoms with van der Waals surface area (Å²) in [5.41, 5.74) is 3.72. The Morgan fingerprint density at radius 3 is 2.16 bits per heavy atom. The van der Waals surface area contributed by atoms with Gasteiger partial charge in [-0.2, -0.15) is 0 Å². The van der Waals surface area contributed by atoms with Gasteiger partial charge in [0.15, 0.2) is 0 Å². The minimum atomic E-state index is -0.0725. The fourth-order valence-electron chi connectivity index (χ4n) is 1.76. The molecule has 0 aliphatic heterocycles. The molecule has 1 N–H and O–H groups in total. The Balaban J connectivity index is 2.17. The van der Waals surface area contributed by atoms with Crippen LogP contribution in [-0.4, -0.2) is 11.6 Å². The van der Waals surface area contributed by atoms with Crippen LogP contribution in [0.15, 0.2) is 59.6 Å². The molecule has 2 aromatic carbocycles. The average Bonchev–Trinajstić information content (AvgIpc) is 2.41. The SMILES string of the molecule is CC(=O)Nc1ccc(/N=C(\C)c2ccccc2)cc1. The Bertz CT molecular complexity index is 586. The van der Waals surface area contributed by atoms with Gasteiger partial charge >= 0.3 is 0 Å². The number of nitrogens with one attached hydrogen (secondary N) is 1. The van der Waals surface area contributed by atoms with E-state index in [4.69, 9.17) is 0 Å². The Labute approximate surface area is 113 Å². The number of rotatable bonds is 3. The maximum absolute atomic E-state index is 10.9. The van der Waals surface area contributed by atoms with Crippen molar-refractivity contribution in [3.63, 3.8) is 0 Å². The van der Waals surface area contributed by atoms with Gasteiger partial charge in [0.25, 0.3) is 0 Å². The Morgan fingerprint density at radius 1 is 0.947 bits per heavy atom. The first-order chi connectivity index (χ1) is 9.15.